The summed E-state index contributed by atoms with van der Waals surface area (Å²) in [7, 11) is -3.01. The molecule has 0 bridgehead atoms. The SMILES string of the molecule is CCN(C(=O)c1ccc2nc(C)[nH]c2c1)[C@@H]1CCS(=O)(=O)C1. The fraction of sp³-hybridized carbons (Fsp3) is 0.467. The van der Waals surface area contributed by atoms with Crippen molar-refractivity contribution in [2.75, 3.05) is 18.1 Å². The fourth-order valence-electron chi connectivity index (χ4n) is 3.02. The van der Waals surface area contributed by atoms with Gasteiger partial charge in [-0.25, -0.2) is 13.4 Å². The number of nitrogens with zero attached hydrogens (tertiary/aromatic N) is 2. The molecule has 1 amide bonds. The quantitative estimate of drug-likeness (QED) is 0.929. The molecule has 7 heteroatoms. The molecule has 3 rings (SSSR count). The molecular weight excluding hydrogens is 302 g/mol. The number of sulfone groups is 1. The molecule has 1 aliphatic rings. The van der Waals surface area contributed by atoms with Crippen LogP contribution in [0.2, 0.25) is 0 Å². The number of hydrogen-bond donors (Lipinski definition) is 1. The minimum absolute atomic E-state index is 0.0675. The van der Waals surface area contributed by atoms with E-state index in [1.165, 1.54) is 0 Å². The van der Waals surface area contributed by atoms with E-state index in [1.807, 2.05) is 19.9 Å². The van der Waals surface area contributed by atoms with Gasteiger partial charge in [-0.1, -0.05) is 0 Å². The number of aryl methyl sites for hydroxylation is 1. The lowest BCUT2D eigenvalue weighted by atomic mass is 10.1. The van der Waals surface area contributed by atoms with Gasteiger partial charge in [0, 0.05) is 18.2 Å². The average molecular weight is 321 g/mol. The van der Waals surface area contributed by atoms with Crippen LogP contribution >= 0.6 is 0 Å². The molecule has 1 aliphatic heterocycles. The van der Waals surface area contributed by atoms with Gasteiger partial charge in [0.25, 0.3) is 5.91 Å². The number of nitrogens with one attached hydrogen (secondary N) is 1. The van der Waals surface area contributed by atoms with Crippen LogP contribution < -0.4 is 0 Å². The van der Waals surface area contributed by atoms with Gasteiger partial charge in [0.2, 0.25) is 0 Å². The number of aromatic amines is 1. The van der Waals surface area contributed by atoms with Gasteiger partial charge in [-0.05, 0) is 38.5 Å². The van der Waals surface area contributed by atoms with Gasteiger partial charge in [0.1, 0.15) is 5.82 Å². The van der Waals surface area contributed by atoms with Crippen molar-refractivity contribution < 1.29 is 13.2 Å². The molecular formula is C15H19N3O3S. The standard InChI is InChI=1S/C15H19N3O3S/c1-3-18(12-6-7-22(20,21)9-12)15(19)11-4-5-13-14(8-11)17-10(2)16-13/h4-5,8,12H,3,6-7,9H2,1-2H3,(H,16,17)/t12-/m1/s1. The molecule has 1 fully saturated rings. The lowest BCUT2D eigenvalue weighted by Crippen LogP contribution is -2.40. The topological polar surface area (TPSA) is 83.1 Å². The summed E-state index contributed by atoms with van der Waals surface area (Å²) in [5.41, 5.74) is 2.20. The third kappa shape index (κ3) is 2.72. The highest BCUT2D eigenvalue weighted by Crippen LogP contribution is 2.21. The molecule has 0 saturated carbocycles. The fourth-order valence-corrected chi connectivity index (χ4v) is 4.76. The first-order valence-corrected chi connectivity index (χ1v) is 9.19. The lowest BCUT2D eigenvalue weighted by Gasteiger charge is -2.26. The van der Waals surface area contributed by atoms with Crippen LogP contribution in [0.1, 0.15) is 29.5 Å². The maximum atomic E-state index is 12.7. The molecule has 1 N–H and O–H groups in total. The Morgan fingerprint density at radius 2 is 2.23 bits per heavy atom. The Morgan fingerprint density at radius 1 is 1.45 bits per heavy atom. The Morgan fingerprint density at radius 3 is 2.86 bits per heavy atom. The number of H-pyrrole nitrogens is 1. The zero-order valence-electron chi connectivity index (χ0n) is 12.7. The van der Waals surface area contributed by atoms with E-state index in [0.29, 0.717) is 18.5 Å². The normalized spacial score (nSPS) is 20.4. The van der Waals surface area contributed by atoms with Crippen LogP contribution in [0.5, 0.6) is 0 Å². The number of hydrogen-bond acceptors (Lipinski definition) is 4. The highest BCUT2D eigenvalue weighted by atomic mass is 32.2. The molecule has 1 saturated heterocycles. The van der Waals surface area contributed by atoms with Crippen molar-refractivity contribution in [1.82, 2.24) is 14.9 Å². The molecule has 0 radical (unpaired) electrons. The van der Waals surface area contributed by atoms with Gasteiger partial charge < -0.3 is 9.88 Å². The predicted octanol–water partition coefficient (Wildman–Crippen LogP) is 1.52. The number of amides is 1. The number of fused-ring (bicyclic) bond motifs is 1. The van der Waals surface area contributed by atoms with Crippen LogP contribution in [0.4, 0.5) is 0 Å². The largest absolute Gasteiger partial charge is 0.342 e. The van der Waals surface area contributed by atoms with Crippen molar-refractivity contribution in [1.29, 1.82) is 0 Å². The molecule has 6 nitrogen and oxygen atoms in total. The summed E-state index contributed by atoms with van der Waals surface area (Å²) in [5.74, 6) is 0.908. The smallest absolute Gasteiger partial charge is 0.254 e. The van der Waals surface area contributed by atoms with E-state index >= 15 is 0 Å². The molecule has 0 unspecified atom stereocenters. The van der Waals surface area contributed by atoms with E-state index in [4.69, 9.17) is 0 Å². The summed E-state index contributed by atoms with van der Waals surface area (Å²) < 4.78 is 23.3. The predicted molar refractivity (Wildman–Crippen MR) is 84.6 cm³/mol. The average Bonchev–Trinajstić information content (AvgIpc) is 3.00. The summed E-state index contributed by atoms with van der Waals surface area (Å²) in [6.07, 6.45) is 0.521. The Bertz CT molecular complexity index is 826. The van der Waals surface area contributed by atoms with Crippen molar-refractivity contribution in [2.45, 2.75) is 26.3 Å². The number of benzene rings is 1. The summed E-state index contributed by atoms with van der Waals surface area (Å²) in [6, 6.07) is 5.12. The van der Waals surface area contributed by atoms with Gasteiger partial charge in [-0.2, -0.15) is 0 Å². The van der Waals surface area contributed by atoms with Gasteiger partial charge in [0.05, 0.1) is 22.5 Å². The Hall–Kier alpha value is -1.89. The Balaban J connectivity index is 1.89. The van der Waals surface area contributed by atoms with Crippen LogP contribution in [0.15, 0.2) is 18.2 Å². The zero-order chi connectivity index (χ0) is 15.9. The number of rotatable bonds is 3. The van der Waals surface area contributed by atoms with Crippen LogP contribution in [0.25, 0.3) is 11.0 Å². The zero-order valence-corrected chi connectivity index (χ0v) is 13.5. The molecule has 1 aromatic heterocycles. The van der Waals surface area contributed by atoms with Gasteiger partial charge in [-0.15, -0.1) is 0 Å². The minimum atomic E-state index is -3.01. The third-order valence-corrected chi connectivity index (χ3v) is 5.85. The van der Waals surface area contributed by atoms with E-state index in [0.717, 1.165) is 16.9 Å². The first kappa shape index (κ1) is 15.0. The van der Waals surface area contributed by atoms with Crippen molar-refractivity contribution in [2.24, 2.45) is 0 Å². The number of aromatic nitrogens is 2. The van der Waals surface area contributed by atoms with Gasteiger partial charge >= 0.3 is 0 Å². The molecule has 2 heterocycles. The first-order valence-electron chi connectivity index (χ1n) is 7.37. The maximum Gasteiger partial charge on any atom is 0.254 e. The lowest BCUT2D eigenvalue weighted by molar-refractivity contribution is 0.0708. The Kier molecular flexibility index (Phi) is 3.68. The Labute approximate surface area is 129 Å². The van der Waals surface area contributed by atoms with E-state index < -0.39 is 9.84 Å². The van der Waals surface area contributed by atoms with Crippen molar-refractivity contribution in [3.05, 3.63) is 29.6 Å². The van der Waals surface area contributed by atoms with Crippen LogP contribution in [0.3, 0.4) is 0 Å². The molecule has 1 atom stereocenters. The van der Waals surface area contributed by atoms with Crippen molar-refractivity contribution >= 4 is 26.8 Å². The van der Waals surface area contributed by atoms with Crippen molar-refractivity contribution in [3.8, 4) is 0 Å². The number of imidazole rings is 1. The van der Waals surface area contributed by atoms with Crippen molar-refractivity contribution in [3.63, 3.8) is 0 Å². The monoisotopic (exact) mass is 321 g/mol. The minimum Gasteiger partial charge on any atom is -0.342 e. The van der Waals surface area contributed by atoms with E-state index in [-0.39, 0.29) is 23.5 Å². The van der Waals surface area contributed by atoms with E-state index in [1.54, 1.807) is 17.0 Å². The second-order valence-electron chi connectivity index (χ2n) is 5.70. The van der Waals surface area contributed by atoms with E-state index in [2.05, 4.69) is 9.97 Å². The molecule has 0 spiro atoms. The number of carbonyl (C=O) groups is 1. The number of carbonyl (C=O) groups excluding carboxylic acids is 1. The highest BCUT2D eigenvalue weighted by Gasteiger charge is 2.34. The van der Waals surface area contributed by atoms with E-state index in [9.17, 15) is 13.2 Å². The summed E-state index contributed by atoms with van der Waals surface area (Å²) >= 11 is 0. The summed E-state index contributed by atoms with van der Waals surface area (Å²) in [4.78, 5) is 21.8. The second-order valence-corrected chi connectivity index (χ2v) is 7.93. The molecule has 118 valence electrons. The maximum absolute atomic E-state index is 12.7. The molecule has 2 aromatic rings. The van der Waals surface area contributed by atoms with Crippen LogP contribution in [-0.2, 0) is 9.84 Å². The van der Waals surface area contributed by atoms with Gasteiger partial charge in [-0.3, -0.25) is 4.79 Å². The molecule has 1 aromatic carbocycles. The first-order chi connectivity index (χ1) is 10.4. The molecule has 22 heavy (non-hydrogen) atoms. The highest BCUT2D eigenvalue weighted by molar-refractivity contribution is 7.91. The summed E-state index contributed by atoms with van der Waals surface area (Å²) in [6.45, 7) is 4.24. The van der Waals surface area contributed by atoms with Crippen LogP contribution in [0, 0.1) is 6.92 Å². The van der Waals surface area contributed by atoms with Gasteiger partial charge in [0.15, 0.2) is 9.84 Å². The third-order valence-electron chi connectivity index (χ3n) is 4.10. The summed E-state index contributed by atoms with van der Waals surface area (Å²) in [5, 5.41) is 0. The van der Waals surface area contributed by atoms with Crippen LogP contribution in [-0.4, -0.2) is 53.3 Å². The molecule has 0 aliphatic carbocycles. The second kappa shape index (κ2) is 5.39.